The van der Waals surface area contributed by atoms with Gasteiger partial charge in [-0.25, -0.2) is 9.59 Å². The smallest absolute Gasteiger partial charge is 0.421 e. The maximum Gasteiger partial charge on any atom is 0.516 e. The van der Waals surface area contributed by atoms with E-state index in [-0.39, 0.29) is 47.3 Å². The van der Waals surface area contributed by atoms with Gasteiger partial charge in [0, 0.05) is 42.6 Å². The Kier molecular flexibility index (Phi) is 9.73. The third kappa shape index (κ3) is 5.70. The van der Waals surface area contributed by atoms with Gasteiger partial charge in [-0.2, -0.15) is 0 Å². The van der Waals surface area contributed by atoms with E-state index in [0.717, 1.165) is 25.7 Å². The second kappa shape index (κ2) is 12.2. The summed E-state index contributed by atoms with van der Waals surface area (Å²) in [6.45, 7) is 5.86. The number of halogens is 1. The summed E-state index contributed by atoms with van der Waals surface area (Å²) >= 11 is 1.48. The number of carbonyl (C=O) groups excluding carboxylic acids is 3. The van der Waals surface area contributed by atoms with Crippen LogP contribution in [0.25, 0.3) is 0 Å². The number of hydrogen-bond donors (Lipinski definition) is 2. The number of aliphatic hydroxyl groups excluding tert-OH is 1. The maximum atomic E-state index is 13.3. The molecule has 7 atom stereocenters. The Labute approximate surface area is 221 Å². The van der Waals surface area contributed by atoms with Crippen LogP contribution in [0.2, 0.25) is 0 Å². The Morgan fingerprint density at radius 1 is 1.31 bits per heavy atom. The first-order valence-corrected chi connectivity index (χ1v) is 13.1. The fourth-order valence-corrected chi connectivity index (χ4v) is 6.74. The number of nitrogens with zero attached hydrogens (tertiary/aromatic N) is 1. The van der Waals surface area contributed by atoms with Crippen molar-refractivity contribution < 1.29 is 38.4 Å². The number of amides is 1. The van der Waals surface area contributed by atoms with Gasteiger partial charge < -0.3 is 34.7 Å². The third-order valence-electron chi connectivity index (χ3n) is 6.96. The molecule has 7 unspecified atom stereocenters. The van der Waals surface area contributed by atoms with Gasteiger partial charge in [0.1, 0.15) is 11.5 Å². The molecule has 12 heteroatoms. The molecule has 0 saturated carbocycles. The summed E-state index contributed by atoms with van der Waals surface area (Å²) in [4.78, 5) is 40.4. The fraction of sp³-hybridized carbons (Fsp3) is 0.708. The molecular formula is C24H35ClN2O8S. The van der Waals surface area contributed by atoms with Crippen molar-refractivity contribution in [3.8, 4) is 0 Å². The van der Waals surface area contributed by atoms with E-state index < -0.39 is 30.4 Å². The molecule has 3 aliphatic heterocycles. The predicted molar refractivity (Wildman–Crippen MR) is 134 cm³/mol. The van der Waals surface area contributed by atoms with Gasteiger partial charge in [0.2, 0.25) is 12.2 Å². The van der Waals surface area contributed by atoms with Gasteiger partial charge in [0.05, 0.1) is 24.2 Å². The molecule has 202 valence electrons. The molecule has 0 aromatic rings. The van der Waals surface area contributed by atoms with Crippen molar-refractivity contribution in [3.63, 3.8) is 0 Å². The van der Waals surface area contributed by atoms with Gasteiger partial charge in [-0.05, 0) is 38.7 Å². The van der Waals surface area contributed by atoms with Crippen molar-refractivity contribution in [1.82, 2.24) is 4.90 Å². The molecule has 0 bridgehead atoms. The average Bonchev–Trinajstić information content (AvgIpc) is 3.35. The number of fused-ring (bicyclic) bond motifs is 1. The number of aliphatic hydroxyl groups is 1. The summed E-state index contributed by atoms with van der Waals surface area (Å²) < 4.78 is 21.4. The normalized spacial score (nSPS) is 31.0. The highest BCUT2D eigenvalue weighted by Crippen LogP contribution is 2.52. The summed E-state index contributed by atoms with van der Waals surface area (Å²) in [7, 11) is 0. The first-order chi connectivity index (χ1) is 16.7. The highest BCUT2D eigenvalue weighted by Gasteiger charge is 2.60. The molecule has 2 saturated heterocycles. The Balaban J connectivity index is 0.00000361. The number of hydrogen-bond acceptors (Lipinski definition) is 10. The molecule has 1 aliphatic carbocycles. The Morgan fingerprint density at radius 2 is 2.06 bits per heavy atom. The molecule has 10 nitrogen and oxygen atoms in total. The molecule has 0 aromatic carbocycles. The lowest BCUT2D eigenvalue weighted by atomic mass is 9.79. The average molecular weight is 547 g/mol. The number of esters is 1. The van der Waals surface area contributed by atoms with Gasteiger partial charge in [0.25, 0.3) is 0 Å². The Hall–Kier alpha value is -1.79. The first kappa shape index (κ1) is 28.8. The van der Waals surface area contributed by atoms with Crippen LogP contribution in [0.5, 0.6) is 0 Å². The zero-order chi connectivity index (χ0) is 25.3. The van der Waals surface area contributed by atoms with Crippen molar-refractivity contribution in [2.45, 2.75) is 82.7 Å². The van der Waals surface area contributed by atoms with Crippen molar-refractivity contribution in [1.29, 1.82) is 0 Å². The minimum Gasteiger partial charge on any atom is -0.421 e. The van der Waals surface area contributed by atoms with E-state index in [0.29, 0.717) is 30.2 Å². The van der Waals surface area contributed by atoms with Crippen LogP contribution >= 0.6 is 24.2 Å². The predicted octanol–water partition coefficient (Wildman–Crippen LogP) is 2.83. The summed E-state index contributed by atoms with van der Waals surface area (Å²) in [6, 6.07) is -0.342. The van der Waals surface area contributed by atoms with E-state index in [1.807, 2.05) is 13.0 Å². The van der Waals surface area contributed by atoms with Gasteiger partial charge in [0.15, 0.2) is 0 Å². The van der Waals surface area contributed by atoms with E-state index in [4.69, 9.17) is 24.7 Å². The van der Waals surface area contributed by atoms with Crippen molar-refractivity contribution in [2.75, 3.05) is 13.2 Å². The molecule has 0 spiro atoms. The van der Waals surface area contributed by atoms with Crippen LogP contribution in [0.1, 0.15) is 52.9 Å². The van der Waals surface area contributed by atoms with Gasteiger partial charge in [-0.15, -0.1) is 24.2 Å². The summed E-state index contributed by atoms with van der Waals surface area (Å²) in [5.74, 6) is -1.31. The van der Waals surface area contributed by atoms with Crippen molar-refractivity contribution in [2.24, 2.45) is 17.6 Å². The number of rotatable bonds is 8. The van der Waals surface area contributed by atoms with Gasteiger partial charge in [-0.3, -0.25) is 4.79 Å². The Morgan fingerprint density at radius 3 is 2.69 bits per heavy atom. The quantitative estimate of drug-likeness (QED) is 0.265. The van der Waals surface area contributed by atoms with E-state index in [2.05, 4.69) is 0 Å². The third-order valence-corrected chi connectivity index (χ3v) is 8.62. The van der Waals surface area contributed by atoms with Crippen LogP contribution in [-0.2, 0) is 28.5 Å². The summed E-state index contributed by atoms with van der Waals surface area (Å²) in [5, 5.41) is 10.2. The van der Waals surface area contributed by atoms with Crippen LogP contribution < -0.4 is 5.73 Å². The number of β-lactam (4-membered cyclic amide) rings is 1. The standard InChI is InChI=1S/C24H34N2O8S.ClH/c1-12-19-18(13(2)27)22(28)26(19)20(21(12)35-17-9-10-31-16(17)11-25)23(29)32-14(3)33-24(30)34-15-7-5-4-6-8-15;/h7,12-14,16-19,27H,4-6,8-11,25H2,1-3H3;1H. The largest absolute Gasteiger partial charge is 0.516 e. The molecular weight excluding hydrogens is 512 g/mol. The summed E-state index contributed by atoms with van der Waals surface area (Å²) in [5.41, 5.74) is 5.98. The monoisotopic (exact) mass is 546 g/mol. The van der Waals surface area contributed by atoms with Crippen LogP contribution in [-0.4, -0.2) is 71.0 Å². The van der Waals surface area contributed by atoms with Crippen molar-refractivity contribution in [3.05, 3.63) is 22.4 Å². The second-order valence-corrected chi connectivity index (χ2v) is 10.7. The lowest BCUT2D eigenvalue weighted by Crippen LogP contribution is -2.63. The molecule has 1 amide bonds. The molecule has 0 aromatic heterocycles. The Bertz CT molecular complexity index is 926. The molecule has 0 radical (unpaired) electrons. The maximum absolute atomic E-state index is 13.3. The first-order valence-electron chi connectivity index (χ1n) is 12.2. The van der Waals surface area contributed by atoms with Crippen LogP contribution in [0, 0.1) is 11.8 Å². The second-order valence-electron chi connectivity index (χ2n) is 9.42. The number of ether oxygens (including phenoxy) is 4. The highest BCUT2D eigenvalue weighted by molar-refractivity contribution is 8.03. The highest BCUT2D eigenvalue weighted by atomic mass is 35.5. The molecule has 3 N–H and O–H groups in total. The molecule has 36 heavy (non-hydrogen) atoms. The minimum atomic E-state index is -1.22. The van der Waals surface area contributed by atoms with Gasteiger partial charge >= 0.3 is 12.1 Å². The van der Waals surface area contributed by atoms with E-state index in [1.165, 1.54) is 23.6 Å². The molecule has 3 heterocycles. The fourth-order valence-electron chi connectivity index (χ4n) is 5.21. The van der Waals surface area contributed by atoms with E-state index in [9.17, 15) is 19.5 Å². The SMILES string of the molecule is CC(OC(=O)OC1=CCCCC1)OC(=O)C1=C(SC2CCOC2CN)C(C)C2C(C(C)O)C(=O)N12.Cl. The van der Waals surface area contributed by atoms with Crippen LogP contribution in [0.15, 0.2) is 22.4 Å². The van der Waals surface area contributed by atoms with E-state index >= 15 is 0 Å². The van der Waals surface area contributed by atoms with Crippen LogP contribution in [0.3, 0.4) is 0 Å². The zero-order valence-electron chi connectivity index (χ0n) is 20.7. The number of nitrogens with two attached hydrogens (primary N) is 1. The minimum absolute atomic E-state index is 0. The number of allylic oxidation sites excluding steroid dienone is 2. The van der Waals surface area contributed by atoms with E-state index in [1.54, 1.807) is 6.92 Å². The van der Waals surface area contributed by atoms with Gasteiger partial charge in [-0.1, -0.05) is 6.92 Å². The number of thioether (sulfide) groups is 1. The summed E-state index contributed by atoms with van der Waals surface area (Å²) in [6.07, 6.45) is 2.95. The lowest BCUT2D eigenvalue weighted by molar-refractivity contribution is -0.173. The zero-order valence-corrected chi connectivity index (χ0v) is 22.3. The van der Waals surface area contributed by atoms with Crippen molar-refractivity contribution >= 4 is 42.2 Å². The molecule has 4 aliphatic rings. The number of carbonyl (C=O) groups is 3. The topological polar surface area (TPSA) is 138 Å². The molecule has 2 fully saturated rings. The van der Waals surface area contributed by atoms with Crippen LogP contribution in [0.4, 0.5) is 4.79 Å². The molecule has 4 rings (SSSR count). The lowest BCUT2D eigenvalue weighted by Gasteiger charge is -2.46.